The molecule has 1 unspecified atom stereocenters. The Morgan fingerprint density at radius 2 is 1.64 bits per heavy atom. The van der Waals surface area contributed by atoms with Gasteiger partial charge in [0.25, 0.3) is 0 Å². The zero-order valence-corrected chi connectivity index (χ0v) is 13.2. The van der Waals surface area contributed by atoms with Gasteiger partial charge >= 0.3 is 0 Å². The first-order valence-electron chi connectivity index (χ1n) is 7.74. The van der Waals surface area contributed by atoms with Gasteiger partial charge in [-0.05, 0) is 37.2 Å². The highest BCUT2D eigenvalue weighted by Crippen LogP contribution is 2.25. The molecular weight excluding hydrogens is 272 g/mol. The van der Waals surface area contributed by atoms with Crippen molar-refractivity contribution >= 4 is 5.91 Å². The second kappa shape index (κ2) is 6.32. The molecule has 0 bridgehead atoms. The van der Waals surface area contributed by atoms with Gasteiger partial charge in [-0.2, -0.15) is 0 Å². The molecule has 1 aliphatic rings. The van der Waals surface area contributed by atoms with Crippen molar-refractivity contribution in [2.45, 2.75) is 19.0 Å². The monoisotopic (exact) mass is 294 g/mol. The lowest BCUT2D eigenvalue weighted by atomic mass is 9.98. The molecule has 114 valence electrons. The number of hydrogen-bond donors (Lipinski definition) is 0. The third-order valence-corrected chi connectivity index (χ3v) is 4.31. The molecule has 1 heterocycles. The van der Waals surface area contributed by atoms with Crippen molar-refractivity contribution in [1.82, 2.24) is 9.80 Å². The van der Waals surface area contributed by atoms with E-state index < -0.39 is 0 Å². The molecule has 0 N–H and O–H groups in total. The lowest BCUT2D eigenvalue weighted by molar-refractivity contribution is -0.137. The minimum Gasteiger partial charge on any atom is -0.336 e. The van der Waals surface area contributed by atoms with E-state index in [1.54, 1.807) is 0 Å². The summed E-state index contributed by atoms with van der Waals surface area (Å²) < 4.78 is 0. The van der Waals surface area contributed by atoms with Crippen molar-refractivity contribution in [3.05, 3.63) is 71.3 Å². The maximum absolute atomic E-state index is 13.0. The number of hydrogen-bond acceptors (Lipinski definition) is 2. The molecule has 2 aromatic rings. The van der Waals surface area contributed by atoms with Gasteiger partial charge in [-0.1, -0.05) is 54.6 Å². The molecule has 0 radical (unpaired) electrons. The lowest BCUT2D eigenvalue weighted by Gasteiger charge is -2.34. The SMILES string of the molecule is CN(C)C(C(=O)N1CCc2ccccc2C1)c1ccccc1. The van der Waals surface area contributed by atoms with Crippen molar-refractivity contribution in [3.63, 3.8) is 0 Å². The van der Waals surface area contributed by atoms with Gasteiger partial charge in [-0.15, -0.1) is 0 Å². The summed E-state index contributed by atoms with van der Waals surface area (Å²) in [6, 6.07) is 18.2. The Bertz CT molecular complexity index is 651. The summed E-state index contributed by atoms with van der Waals surface area (Å²) in [5, 5.41) is 0. The molecule has 1 atom stereocenters. The van der Waals surface area contributed by atoms with Crippen LogP contribution in [0.25, 0.3) is 0 Å². The second-order valence-corrected chi connectivity index (χ2v) is 6.06. The first-order valence-corrected chi connectivity index (χ1v) is 7.74. The Balaban J connectivity index is 1.83. The van der Waals surface area contributed by atoms with Crippen molar-refractivity contribution < 1.29 is 4.79 Å². The van der Waals surface area contributed by atoms with Crippen LogP contribution in [0.1, 0.15) is 22.7 Å². The van der Waals surface area contributed by atoms with Crippen molar-refractivity contribution in [2.24, 2.45) is 0 Å². The molecule has 22 heavy (non-hydrogen) atoms. The molecule has 3 rings (SSSR count). The summed E-state index contributed by atoms with van der Waals surface area (Å²) in [4.78, 5) is 17.0. The lowest BCUT2D eigenvalue weighted by Crippen LogP contribution is -2.43. The number of rotatable bonds is 3. The number of benzene rings is 2. The summed E-state index contributed by atoms with van der Waals surface area (Å²) in [6.07, 6.45) is 0.941. The van der Waals surface area contributed by atoms with Gasteiger partial charge in [0.05, 0.1) is 0 Å². The van der Waals surface area contributed by atoms with Gasteiger partial charge in [-0.25, -0.2) is 0 Å². The summed E-state index contributed by atoms with van der Waals surface area (Å²) in [7, 11) is 3.93. The quantitative estimate of drug-likeness (QED) is 0.869. The van der Waals surface area contributed by atoms with Gasteiger partial charge in [0.1, 0.15) is 6.04 Å². The predicted molar refractivity (Wildman–Crippen MR) is 88.4 cm³/mol. The average Bonchev–Trinajstić information content (AvgIpc) is 2.55. The van der Waals surface area contributed by atoms with E-state index >= 15 is 0 Å². The highest BCUT2D eigenvalue weighted by Gasteiger charge is 2.29. The molecule has 0 spiro atoms. The van der Waals surface area contributed by atoms with Crippen LogP contribution in [0.5, 0.6) is 0 Å². The highest BCUT2D eigenvalue weighted by atomic mass is 16.2. The average molecular weight is 294 g/mol. The Labute approximate surface area is 132 Å². The largest absolute Gasteiger partial charge is 0.336 e. The minimum absolute atomic E-state index is 0.186. The van der Waals surface area contributed by atoms with Crippen LogP contribution in [0.2, 0.25) is 0 Å². The van der Waals surface area contributed by atoms with Crippen LogP contribution in [0.3, 0.4) is 0 Å². The fourth-order valence-corrected chi connectivity index (χ4v) is 3.15. The van der Waals surface area contributed by atoms with Crippen LogP contribution < -0.4 is 0 Å². The molecule has 3 heteroatoms. The number of carbonyl (C=O) groups is 1. The van der Waals surface area contributed by atoms with Crippen molar-refractivity contribution in [2.75, 3.05) is 20.6 Å². The zero-order chi connectivity index (χ0) is 15.5. The molecular formula is C19H22N2O. The highest BCUT2D eigenvalue weighted by molar-refractivity contribution is 5.83. The van der Waals surface area contributed by atoms with E-state index in [0.717, 1.165) is 18.5 Å². The van der Waals surface area contributed by atoms with E-state index in [9.17, 15) is 4.79 Å². The third-order valence-electron chi connectivity index (χ3n) is 4.31. The Morgan fingerprint density at radius 3 is 2.32 bits per heavy atom. The summed E-state index contributed by atoms with van der Waals surface area (Å²) >= 11 is 0. The van der Waals surface area contributed by atoms with Crippen LogP contribution >= 0.6 is 0 Å². The zero-order valence-electron chi connectivity index (χ0n) is 13.2. The van der Waals surface area contributed by atoms with Gasteiger partial charge < -0.3 is 4.90 Å². The number of nitrogens with zero attached hydrogens (tertiary/aromatic N) is 2. The van der Waals surface area contributed by atoms with Crippen molar-refractivity contribution in [3.8, 4) is 0 Å². The number of likely N-dealkylation sites (N-methyl/N-ethyl adjacent to an activating group) is 1. The first kappa shape index (κ1) is 14.8. The smallest absolute Gasteiger partial charge is 0.244 e. The minimum atomic E-state index is -0.216. The Morgan fingerprint density at radius 1 is 1.00 bits per heavy atom. The van der Waals surface area contributed by atoms with Crippen LogP contribution in [0.4, 0.5) is 0 Å². The summed E-state index contributed by atoms with van der Waals surface area (Å²) in [5.74, 6) is 0.186. The van der Waals surface area contributed by atoms with Crippen LogP contribution in [0, 0.1) is 0 Å². The molecule has 0 aromatic heterocycles. The van der Waals surface area contributed by atoms with E-state index in [1.807, 2.05) is 60.3 Å². The van der Waals surface area contributed by atoms with Gasteiger partial charge in [0.15, 0.2) is 0 Å². The van der Waals surface area contributed by atoms with E-state index in [2.05, 4.69) is 18.2 Å². The molecule has 0 saturated carbocycles. The maximum atomic E-state index is 13.0. The standard InChI is InChI=1S/C19H22N2O/c1-20(2)18(16-9-4-3-5-10-16)19(22)21-13-12-15-8-6-7-11-17(15)14-21/h3-11,18H,12-14H2,1-2H3. The number of amides is 1. The Hall–Kier alpha value is -2.13. The third kappa shape index (κ3) is 2.90. The van der Waals surface area contributed by atoms with E-state index in [1.165, 1.54) is 11.1 Å². The molecule has 2 aromatic carbocycles. The van der Waals surface area contributed by atoms with Crippen LogP contribution in [-0.2, 0) is 17.8 Å². The van der Waals surface area contributed by atoms with E-state index in [-0.39, 0.29) is 11.9 Å². The van der Waals surface area contributed by atoms with Gasteiger partial charge in [0.2, 0.25) is 5.91 Å². The van der Waals surface area contributed by atoms with Gasteiger partial charge in [0, 0.05) is 13.1 Å². The normalized spacial score (nSPS) is 15.5. The molecule has 0 aliphatic carbocycles. The van der Waals surface area contributed by atoms with Gasteiger partial charge in [-0.3, -0.25) is 9.69 Å². The molecule has 1 aliphatic heterocycles. The number of carbonyl (C=O) groups excluding carboxylic acids is 1. The Kier molecular flexibility index (Phi) is 4.25. The fourth-order valence-electron chi connectivity index (χ4n) is 3.15. The molecule has 0 saturated heterocycles. The maximum Gasteiger partial charge on any atom is 0.244 e. The fraction of sp³-hybridized carbons (Fsp3) is 0.316. The molecule has 3 nitrogen and oxygen atoms in total. The predicted octanol–water partition coefficient (Wildman–Crippen LogP) is 2.87. The van der Waals surface area contributed by atoms with Crippen molar-refractivity contribution in [1.29, 1.82) is 0 Å². The van der Waals surface area contributed by atoms with Crippen LogP contribution in [0.15, 0.2) is 54.6 Å². The van der Waals surface area contributed by atoms with E-state index in [0.29, 0.717) is 6.54 Å². The topological polar surface area (TPSA) is 23.6 Å². The first-order chi connectivity index (χ1) is 10.7. The molecule has 1 amide bonds. The molecule has 0 fully saturated rings. The second-order valence-electron chi connectivity index (χ2n) is 6.06. The summed E-state index contributed by atoms with van der Waals surface area (Å²) in [5.41, 5.74) is 3.69. The van der Waals surface area contributed by atoms with E-state index in [4.69, 9.17) is 0 Å². The summed E-state index contributed by atoms with van der Waals surface area (Å²) in [6.45, 7) is 1.51. The van der Waals surface area contributed by atoms with Crippen LogP contribution in [-0.4, -0.2) is 36.3 Å². The number of fused-ring (bicyclic) bond motifs is 1.